The Morgan fingerprint density at radius 2 is 1.55 bits per heavy atom. The van der Waals surface area contributed by atoms with Gasteiger partial charge in [-0.05, 0) is 43.7 Å². The van der Waals surface area contributed by atoms with Gasteiger partial charge in [0.1, 0.15) is 6.61 Å². The second-order valence-corrected chi connectivity index (χ2v) is 7.38. The van der Waals surface area contributed by atoms with Crippen molar-refractivity contribution in [2.75, 3.05) is 6.26 Å². The molecule has 2 aromatic carbocycles. The zero-order chi connectivity index (χ0) is 16.3. The van der Waals surface area contributed by atoms with E-state index in [0.717, 1.165) is 22.9 Å². The SMILES string of the molecule is Cc1cc(C)cc(COC(=O)c2ccc(S(C)(=O)=O)cc2)c1. The summed E-state index contributed by atoms with van der Waals surface area (Å²) in [6.07, 6.45) is 1.13. The molecule has 0 N–H and O–H groups in total. The van der Waals surface area contributed by atoms with Gasteiger partial charge in [-0.25, -0.2) is 13.2 Å². The predicted octanol–water partition coefficient (Wildman–Crippen LogP) is 3.06. The van der Waals surface area contributed by atoms with Gasteiger partial charge < -0.3 is 4.74 Å². The monoisotopic (exact) mass is 318 g/mol. The van der Waals surface area contributed by atoms with Crippen LogP contribution in [0.5, 0.6) is 0 Å². The fourth-order valence-corrected chi connectivity index (χ4v) is 2.85. The Hall–Kier alpha value is -2.14. The molecule has 0 atom stereocenters. The molecule has 0 heterocycles. The summed E-state index contributed by atoms with van der Waals surface area (Å²) in [6, 6.07) is 11.7. The molecule has 2 rings (SSSR count). The van der Waals surface area contributed by atoms with E-state index in [1.54, 1.807) is 0 Å². The van der Waals surface area contributed by atoms with Crippen LogP contribution in [0.3, 0.4) is 0 Å². The van der Waals surface area contributed by atoms with E-state index in [0.29, 0.717) is 5.56 Å². The van der Waals surface area contributed by atoms with Crippen molar-refractivity contribution in [3.8, 4) is 0 Å². The molecule has 0 saturated heterocycles. The van der Waals surface area contributed by atoms with Crippen LogP contribution in [0.2, 0.25) is 0 Å². The third-order valence-electron chi connectivity index (χ3n) is 3.17. The van der Waals surface area contributed by atoms with Crippen LogP contribution in [0.4, 0.5) is 0 Å². The Balaban J connectivity index is 2.06. The zero-order valence-electron chi connectivity index (χ0n) is 12.8. The molecule has 0 bridgehead atoms. The summed E-state index contributed by atoms with van der Waals surface area (Å²) in [5.41, 5.74) is 3.49. The van der Waals surface area contributed by atoms with Crippen molar-refractivity contribution in [1.29, 1.82) is 0 Å². The molecule has 0 aliphatic heterocycles. The Kier molecular flexibility index (Phi) is 4.66. The van der Waals surface area contributed by atoms with E-state index in [1.165, 1.54) is 24.3 Å². The number of hydrogen-bond donors (Lipinski definition) is 0. The molecule has 5 heteroatoms. The molecule has 0 saturated carbocycles. The standard InChI is InChI=1S/C17H18O4S/c1-12-8-13(2)10-14(9-12)11-21-17(18)15-4-6-16(7-5-15)22(3,19)20/h4-10H,11H2,1-3H3. The first-order valence-corrected chi connectivity index (χ1v) is 8.69. The molecular formula is C17H18O4S. The number of ether oxygens (including phenoxy) is 1. The van der Waals surface area contributed by atoms with Gasteiger partial charge in [0.15, 0.2) is 9.84 Å². The van der Waals surface area contributed by atoms with E-state index < -0.39 is 15.8 Å². The number of sulfone groups is 1. The van der Waals surface area contributed by atoms with E-state index in [2.05, 4.69) is 6.07 Å². The lowest BCUT2D eigenvalue weighted by Gasteiger charge is -2.07. The average molecular weight is 318 g/mol. The van der Waals surface area contributed by atoms with Gasteiger partial charge in [-0.1, -0.05) is 29.3 Å². The van der Waals surface area contributed by atoms with Crippen LogP contribution < -0.4 is 0 Å². The minimum Gasteiger partial charge on any atom is -0.457 e. The first-order valence-electron chi connectivity index (χ1n) is 6.80. The van der Waals surface area contributed by atoms with Gasteiger partial charge in [0.05, 0.1) is 10.5 Å². The summed E-state index contributed by atoms with van der Waals surface area (Å²) >= 11 is 0. The first kappa shape index (κ1) is 16.2. The smallest absolute Gasteiger partial charge is 0.338 e. The Morgan fingerprint density at radius 1 is 1.00 bits per heavy atom. The Morgan fingerprint density at radius 3 is 2.05 bits per heavy atom. The number of carbonyl (C=O) groups excluding carboxylic acids is 1. The highest BCUT2D eigenvalue weighted by Gasteiger charge is 2.11. The maximum Gasteiger partial charge on any atom is 0.338 e. The topological polar surface area (TPSA) is 60.4 Å². The van der Waals surface area contributed by atoms with Crippen molar-refractivity contribution in [2.45, 2.75) is 25.3 Å². The molecule has 0 aliphatic rings. The molecule has 22 heavy (non-hydrogen) atoms. The lowest BCUT2D eigenvalue weighted by molar-refractivity contribution is 0.0472. The molecule has 0 aliphatic carbocycles. The highest BCUT2D eigenvalue weighted by atomic mass is 32.2. The van der Waals surface area contributed by atoms with E-state index in [1.807, 2.05) is 26.0 Å². The molecule has 4 nitrogen and oxygen atoms in total. The van der Waals surface area contributed by atoms with Crippen molar-refractivity contribution in [1.82, 2.24) is 0 Å². The van der Waals surface area contributed by atoms with Crippen molar-refractivity contribution in [2.24, 2.45) is 0 Å². The van der Waals surface area contributed by atoms with E-state index in [4.69, 9.17) is 4.74 Å². The fourth-order valence-electron chi connectivity index (χ4n) is 2.22. The van der Waals surface area contributed by atoms with Gasteiger partial charge in [-0.2, -0.15) is 0 Å². The lowest BCUT2D eigenvalue weighted by atomic mass is 10.1. The minimum absolute atomic E-state index is 0.179. The number of benzene rings is 2. The summed E-state index contributed by atoms with van der Waals surface area (Å²) in [5.74, 6) is -0.473. The van der Waals surface area contributed by atoms with Crippen LogP contribution in [0.25, 0.3) is 0 Å². The van der Waals surface area contributed by atoms with Crippen molar-refractivity contribution in [3.05, 3.63) is 64.7 Å². The second kappa shape index (κ2) is 6.32. The fraction of sp³-hybridized carbons (Fsp3) is 0.235. The molecule has 0 amide bonds. The number of hydrogen-bond acceptors (Lipinski definition) is 4. The molecule has 0 spiro atoms. The predicted molar refractivity (Wildman–Crippen MR) is 84.6 cm³/mol. The van der Waals surface area contributed by atoms with Crippen LogP contribution >= 0.6 is 0 Å². The highest BCUT2D eigenvalue weighted by molar-refractivity contribution is 7.90. The third-order valence-corrected chi connectivity index (χ3v) is 4.30. The molecule has 0 aromatic heterocycles. The van der Waals surface area contributed by atoms with Crippen LogP contribution in [-0.4, -0.2) is 20.6 Å². The lowest BCUT2D eigenvalue weighted by Crippen LogP contribution is -2.06. The van der Waals surface area contributed by atoms with Crippen molar-refractivity contribution in [3.63, 3.8) is 0 Å². The van der Waals surface area contributed by atoms with E-state index in [9.17, 15) is 13.2 Å². The van der Waals surface area contributed by atoms with Crippen LogP contribution in [0.1, 0.15) is 27.0 Å². The van der Waals surface area contributed by atoms with Crippen LogP contribution in [0, 0.1) is 13.8 Å². The summed E-state index contributed by atoms with van der Waals surface area (Å²) in [7, 11) is -3.26. The molecule has 2 aromatic rings. The number of rotatable bonds is 4. The van der Waals surface area contributed by atoms with Crippen LogP contribution in [0.15, 0.2) is 47.4 Å². The maximum absolute atomic E-state index is 12.0. The molecular weight excluding hydrogens is 300 g/mol. The number of esters is 1. The largest absolute Gasteiger partial charge is 0.457 e. The summed E-state index contributed by atoms with van der Waals surface area (Å²) in [5, 5.41) is 0. The zero-order valence-corrected chi connectivity index (χ0v) is 13.6. The molecule has 0 fully saturated rings. The third kappa shape index (κ3) is 4.18. The van der Waals surface area contributed by atoms with Crippen molar-refractivity contribution < 1.29 is 17.9 Å². The Labute approximate surface area is 130 Å². The number of aryl methyl sites for hydroxylation is 2. The van der Waals surface area contributed by atoms with Gasteiger partial charge >= 0.3 is 5.97 Å². The van der Waals surface area contributed by atoms with Gasteiger partial charge in [0.2, 0.25) is 0 Å². The first-order chi connectivity index (χ1) is 10.3. The average Bonchev–Trinajstić information content (AvgIpc) is 2.43. The van der Waals surface area contributed by atoms with Gasteiger partial charge in [0.25, 0.3) is 0 Å². The van der Waals surface area contributed by atoms with Crippen molar-refractivity contribution >= 4 is 15.8 Å². The quantitative estimate of drug-likeness (QED) is 0.813. The number of carbonyl (C=O) groups is 1. The highest BCUT2D eigenvalue weighted by Crippen LogP contribution is 2.13. The van der Waals surface area contributed by atoms with E-state index in [-0.39, 0.29) is 11.5 Å². The molecule has 0 unspecified atom stereocenters. The maximum atomic E-state index is 12.0. The molecule has 116 valence electrons. The summed E-state index contributed by atoms with van der Waals surface area (Å²) in [4.78, 5) is 12.2. The Bertz CT molecular complexity index is 770. The summed E-state index contributed by atoms with van der Waals surface area (Å²) in [6.45, 7) is 4.17. The minimum atomic E-state index is -3.26. The van der Waals surface area contributed by atoms with Gasteiger partial charge in [-0.15, -0.1) is 0 Å². The normalized spacial score (nSPS) is 11.2. The molecule has 0 radical (unpaired) electrons. The second-order valence-electron chi connectivity index (χ2n) is 5.37. The summed E-state index contributed by atoms with van der Waals surface area (Å²) < 4.78 is 28.0. The van der Waals surface area contributed by atoms with Gasteiger partial charge in [-0.3, -0.25) is 0 Å². The van der Waals surface area contributed by atoms with Crippen LogP contribution in [-0.2, 0) is 21.2 Å². The van der Waals surface area contributed by atoms with Gasteiger partial charge in [0, 0.05) is 6.26 Å². The van der Waals surface area contributed by atoms with E-state index >= 15 is 0 Å².